The first kappa shape index (κ1) is 31.7. The summed E-state index contributed by atoms with van der Waals surface area (Å²) in [6.07, 6.45) is 0. The Balaban J connectivity index is 1.04. The van der Waals surface area contributed by atoms with Gasteiger partial charge >= 0.3 is 0 Å². The molecule has 0 fully saturated rings. The predicted octanol–water partition coefficient (Wildman–Crippen LogP) is 14.3. The van der Waals surface area contributed by atoms with Gasteiger partial charge in [0, 0.05) is 49.4 Å². The third kappa shape index (κ3) is 4.79. The van der Waals surface area contributed by atoms with E-state index in [-0.39, 0.29) is 0 Å². The van der Waals surface area contributed by atoms with Gasteiger partial charge in [-0.3, -0.25) is 0 Å². The van der Waals surface area contributed by atoms with E-state index in [1.165, 1.54) is 87.7 Å². The molecule has 0 saturated carbocycles. The second kappa shape index (κ2) is 12.5. The van der Waals surface area contributed by atoms with Crippen LogP contribution in [0, 0.1) is 0 Å². The lowest BCUT2D eigenvalue weighted by atomic mass is 9.93. The number of benzene rings is 9. The van der Waals surface area contributed by atoms with Gasteiger partial charge in [0.15, 0.2) is 0 Å². The zero-order valence-corrected chi connectivity index (χ0v) is 31.0. The summed E-state index contributed by atoms with van der Waals surface area (Å²) in [4.78, 5) is 0. The van der Waals surface area contributed by atoms with E-state index in [2.05, 4.69) is 226 Å². The Morgan fingerprint density at radius 2 is 0.474 bits per heavy atom. The SMILES string of the molecule is c1ccc2c(c1)c1ccccc1n2-c1ccc(-c2ccc(-n3c4ccccc4c4ccccc43)cc2-c2ccc(-n3c4ccccc4c4ccccc43)cc2)cc1. The van der Waals surface area contributed by atoms with Crippen LogP contribution in [-0.2, 0) is 0 Å². The van der Waals surface area contributed by atoms with Crippen molar-refractivity contribution in [1.29, 1.82) is 0 Å². The second-order valence-corrected chi connectivity index (χ2v) is 14.9. The quantitative estimate of drug-likeness (QED) is 0.168. The fourth-order valence-corrected chi connectivity index (χ4v) is 9.34. The molecule has 0 unspecified atom stereocenters. The van der Waals surface area contributed by atoms with Crippen LogP contribution in [0.4, 0.5) is 0 Å². The molecule has 0 atom stereocenters. The Kier molecular flexibility index (Phi) is 6.93. The minimum absolute atomic E-state index is 1.14. The van der Waals surface area contributed by atoms with Gasteiger partial charge in [0.1, 0.15) is 0 Å². The average Bonchev–Trinajstić information content (AvgIpc) is 3.92. The van der Waals surface area contributed by atoms with Gasteiger partial charge in [-0.05, 0) is 95.1 Å². The number of para-hydroxylation sites is 6. The lowest BCUT2D eigenvalue weighted by molar-refractivity contribution is 1.17. The summed E-state index contributed by atoms with van der Waals surface area (Å²) >= 11 is 0. The molecule has 0 N–H and O–H groups in total. The molecule has 3 nitrogen and oxygen atoms in total. The molecule has 0 spiro atoms. The third-order valence-electron chi connectivity index (χ3n) is 11.9. The minimum Gasteiger partial charge on any atom is -0.309 e. The van der Waals surface area contributed by atoms with Gasteiger partial charge in [0.25, 0.3) is 0 Å². The summed E-state index contributed by atoms with van der Waals surface area (Å²) in [6, 6.07) is 77.5. The van der Waals surface area contributed by atoms with Crippen molar-refractivity contribution < 1.29 is 0 Å². The van der Waals surface area contributed by atoms with E-state index in [1.807, 2.05) is 0 Å². The van der Waals surface area contributed by atoms with E-state index in [4.69, 9.17) is 0 Å². The fourth-order valence-electron chi connectivity index (χ4n) is 9.34. The number of hydrogen-bond donors (Lipinski definition) is 0. The van der Waals surface area contributed by atoms with Crippen LogP contribution in [-0.4, -0.2) is 13.7 Å². The molecular weight excluding hydrogens is 691 g/mol. The third-order valence-corrected chi connectivity index (χ3v) is 11.9. The maximum atomic E-state index is 2.41. The zero-order chi connectivity index (χ0) is 37.5. The van der Waals surface area contributed by atoms with Gasteiger partial charge in [-0.25, -0.2) is 0 Å². The van der Waals surface area contributed by atoms with E-state index in [9.17, 15) is 0 Å². The Morgan fingerprint density at radius 1 is 0.211 bits per heavy atom. The monoisotopic (exact) mass is 725 g/mol. The van der Waals surface area contributed by atoms with Crippen molar-refractivity contribution in [3.05, 3.63) is 212 Å². The molecule has 3 aromatic heterocycles. The lowest BCUT2D eigenvalue weighted by Crippen LogP contribution is -1.97. The topological polar surface area (TPSA) is 14.8 Å². The predicted molar refractivity (Wildman–Crippen MR) is 240 cm³/mol. The summed E-state index contributed by atoms with van der Waals surface area (Å²) in [5.74, 6) is 0. The van der Waals surface area contributed by atoms with Gasteiger partial charge in [-0.1, -0.05) is 140 Å². The first-order chi connectivity index (χ1) is 28.3. The molecule has 0 aliphatic heterocycles. The highest BCUT2D eigenvalue weighted by Crippen LogP contribution is 2.40. The van der Waals surface area contributed by atoms with E-state index in [1.54, 1.807) is 0 Å². The molecule has 0 amide bonds. The van der Waals surface area contributed by atoms with Crippen LogP contribution in [0.2, 0.25) is 0 Å². The van der Waals surface area contributed by atoms with Gasteiger partial charge in [-0.15, -0.1) is 0 Å². The van der Waals surface area contributed by atoms with Crippen molar-refractivity contribution in [3.8, 4) is 39.3 Å². The lowest BCUT2D eigenvalue weighted by Gasteiger charge is -2.16. The van der Waals surface area contributed by atoms with Crippen LogP contribution in [0.25, 0.3) is 105 Å². The molecule has 0 bridgehead atoms. The summed E-state index contributed by atoms with van der Waals surface area (Å²) < 4.78 is 7.18. The van der Waals surface area contributed by atoms with Crippen molar-refractivity contribution in [3.63, 3.8) is 0 Å². The Hall–Kier alpha value is -7.62. The summed E-state index contributed by atoms with van der Waals surface area (Å²) in [6.45, 7) is 0. The van der Waals surface area contributed by atoms with Gasteiger partial charge in [0.05, 0.1) is 33.1 Å². The van der Waals surface area contributed by atoms with Crippen LogP contribution in [0.1, 0.15) is 0 Å². The Morgan fingerprint density at radius 3 is 0.807 bits per heavy atom. The summed E-state index contributed by atoms with van der Waals surface area (Å²) in [7, 11) is 0. The normalized spacial score (nSPS) is 11.9. The maximum absolute atomic E-state index is 2.41. The highest BCUT2D eigenvalue weighted by molar-refractivity contribution is 6.11. The van der Waals surface area contributed by atoms with Crippen LogP contribution in [0.5, 0.6) is 0 Å². The van der Waals surface area contributed by atoms with E-state index in [0.29, 0.717) is 0 Å². The molecule has 12 aromatic rings. The van der Waals surface area contributed by atoms with Crippen LogP contribution in [0.15, 0.2) is 212 Å². The molecule has 9 aromatic carbocycles. The van der Waals surface area contributed by atoms with Crippen molar-refractivity contribution >= 4 is 65.4 Å². The first-order valence-electron chi connectivity index (χ1n) is 19.6. The van der Waals surface area contributed by atoms with Crippen LogP contribution >= 0.6 is 0 Å². The molecule has 0 aliphatic rings. The number of aromatic nitrogens is 3. The second-order valence-electron chi connectivity index (χ2n) is 14.9. The minimum atomic E-state index is 1.14. The molecule has 3 heterocycles. The molecule has 12 rings (SSSR count). The Bertz CT molecular complexity index is 3340. The molecule has 0 aliphatic carbocycles. The van der Waals surface area contributed by atoms with E-state index >= 15 is 0 Å². The Labute approximate surface area is 329 Å². The summed E-state index contributed by atoms with van der Waals surface area (Å²) in [5, 5.41) is 7.59. The molecule has 0 radical (unpaired) electrons. The van der Waals surface area contributed by atoms with Crippen molar-refractivity contribution in [2.24, 2.45) is 0 Å². The van der Waals surface area contributed by atoms with Gasteiger partial charge < -0.3 is 13.7 Å². The first-order valence-corrected chi connectivity index (χ1v) is 19.6. The van der Waals surface area contributed by atoms with E-state index in [0.717, 1.165) is 17.1 Å². The summed E-state index contributed by atoms with van der Waals surface area (Å²) in [5.41, 5.74) is 15.4. The standard InChI is InChI=1S/C54H35N3/c1-7-19-49-42(13-1)43-14-2-8-20-50(43)55(49)38-29-25-36(26-30-38)41-34-33-40(57-53-23-11-5-17-46(53)47-18-6-12-24-54(47)57)35-48(41)37-27-31-39(32-28-37)56-51-21-9-3-15-44(51)45-16-4-10-22-52(45)56/h1-35H. The van der Waals surface area contributed by atoms with Gasteiger partial charge in [0.2, 0.25) is 0 Å². The molecule has 0 saturated heterocycles. The zero-order valence-electron chi connectivity index (χ0n) is 31.0. The molecule has 57 heavy (non-hydrogen) atoms. The number of fused-ring (bicyclic) bond motifs is 9. The van der Waals surface area contributed by atoms with Crippen LogP contribution < -0.4 is 0 Å². The molecule has 3 heteroatoms. The highest BCUT2D eigenvalue weighted by atomic mass is 15.0. The number of rotatable bonds is 5. The van der Waals surface area contributed by atoms with E-state index < -0.39 is 0 Å². The maximum Gasteiger partial charge on any atom is 0.0541 e. The van der Waals surface area contributed by atoms with Gasteiger partial charge in [-0.2, -0.15) is 0 Å². The van der Waals surface area contributed by atoms with Crippen molar-refractivity contribution in [2.75, 3.05) is 0 Å². The molecular formula is C54H35N3. The average molecular weight is 726 g/mol. The number of nitrogens with zero attached hydrogens (tertiary/aromatic N) is 3. The van der Waals surface area contributed by atoms with Crippen LogP contribution in [0.3, 0.4) is 0 Å². The van der Waals surface area contributed by atoms with Crippen molar-refractivity contribution in [1.82, 2.24) is 13.7 Å². The largest absolute Gasteiger partial charge is 0.309 e. The molecule has 266 valence electrons. The smallest absolute Gasteiger partial charge is 0.0541 e. The highest BCUT2D eigenvalue weighted by Gasteiger charge is 2.17. The fraction of sp³-hybridized carbons (Fsp3) is 0. The number of hydrogen-bond acceptors (Lipinski definition) is 0. The van der Waals surface area contributed by atoms with Crippen molar-refractivity contribution in [2.45, 2.75) is 0 Å².